The molecule has 2 aliphatic rings. The zero-order chi connectivity index (χ0) is 29.8. The number of alkyl halides is 1. The van der Waals surface area contributed by atoms with Gasteiger partial charge in [-0.15, -0.1) is 0 Å². The van der Waals surface area contributed by atoms with E-state index in [1.54, 1.807) is 6.92 Å². The van der Waals surface area contributed by atoms with Crippen molar-refractivity contribution in [1.82, 2.24) is 14.6 Å². The third kappa shape index (κ3) is 7.49. The number of aromatic amines is 1. The van der Waals surface area contributed by atoms with E-state index in [2.05, 4.69) is 5.09 Å². The largest absolute Gasteiger partial charge is 0.461 e. The second-order valence-electron chi connectivity index (χ2n) is 10.3. The van der Waals surface area contributed by atoms with E-state index in [4.69, 9.17) is 18.5 Å². The highest BCUT2D eigenvalue weighted by atomic mass is 31.2. The van der Waals surface area contributed by atoms with Gasteiger partial charge in [-0.25, -0.2) is 18.1 Å². The van der Waals surface area contributed by atoms with Gasteiger partial charge in [0.15, 0.2) is 11.9 Å². The van der Waals surface area contributed by atoms with Crippen molar-refractivity contribution in [2.75, 3.05) is 6.61 Å². The normalized spacial score (nSPS) is 27.2. The minimum atomic E-state index is -4.47. The minimum Gasteiger partial charge on any atom is -0.461 e. The Morgan fingerprint density at radius 2 is 1.93 bits per heavy atom. The fourth-order valence-corrected chi connectivity index (χ4v) is 6.38. The molecule has 1 aliphatic carbocycles. The van der Waals surface area contributed by atoms with Crippen molar-refractivity contribution in [2.45, 2.75) is 88.6 Å². The number of carbonyl (C=O) groups excluding carboxylic acids is 1. The van der Waals surface area contributed by atoms with Gasteiger partial charge in [-0.1, -0.05) is 13.3 Å². The van der Waals surface area contributed by atoms with Crippen LogP contribution in [0.25, 0.3) is 0 Å². The average Bonchev–Trinajstić information content (AvgIpc) is 3.16. The van der Waals surface area contributed by atoms with E-state index in [1.165, 1.54) is 12.1 Å². The van der Waals surface area contributed by atoms with Crippen LogP contribution in [0.3, 0.4) is 0 Å². The highest BCUT2D eigenvalue weighted by molar-refractivity contribution is 7.52. The number of benzene rings is 1. The molecule has 41 heavy (non-hydrogen) atoms. The summed E-state index contributed by atoms with van der Waals surface area (Å²) < 4.78 is 66.0. The highest BCUT2D eigenvalue weighted by Gasteiger charge is 2.56. The number of nitrogens with zero attached hydrogens (tertiary/aromatic N) is 1. The number of nitrogens with one attached hydrogen (secondary N) is 2. The maximum atomic E-state index is 15.6. The molecule has 0 radical (unpaired) electrons. The zero-order valence-electron chi connectivity index (χ0n) is 22.7. The summed E-state index contributed by atoms with van der Waals surface area (Å²) in [4.78, 5) is 38.6. The lowest BCUT2D eigenvalue weighted by Crippen LogP contribution is -2.44. The molecule has 0 amide bonds. The Bertz CT molecular complexity index is 1360. The van der Waals surface area contributed by atoms with Gasteiger partial charge in [-0.3, -0.25) is 23.7 Å². The Balaban J connectivity index is 1.52. The summed E-state index contributed by atoms with van der Waals surface area (Å²) in [5.41, 5.74) is -4.20. The van der Waals surface area contributed by atoms with E-state index >= 15 is 4.39 Å². The van der Waals surface area contributed by atoms with Crippen LogP contribution < -0.4 is 20.9 Å². The molecule has 0 spiro atoms. The Kier molecular flexibility index (Phi) is 9.81. The Hall–Kier alpha value is -2.90. The molecule has 4 rings (SSSR count). The highest BCUT2D eigenvalue weighted by Crippen LogP contribution is 2.47. The lowest BCUT2D eigenvalue weighted by molar-refractivity contribution is -0.152. The van der Waals surface area contributed by atoms with Crippen molar-refractivity contribution < 1.29 is 41.8 Å². The van der Waals surface area contributed by atoms with Gasteiger partial charge in [-0.05, 0) is 63.3 Å². The number of rotatable bonds is 11. The van der Waals surface area contributed by atoms with Crippen LogP contribution in [0, 0.1) is 5.82 Å². The Morgan fingerprint density at radius 1 is 1.24 bits per heavy atom. The van der Waals surface area contributed by atoms with Gasteiger partial charge in [0, 0.05) is 12.3 Å². The summed E-state index contributed by atoms with van der Waals surface area (Å²) in [5, 5.41) is 13.2. The van der Waals surface area contributed by atoms with Gasteiger partial charge in [0.2, 0.25) is 0 Å². The third-order valence-electron chi connectivity index (χ3n) is 7.11. The maximum absolute atomic E-state index is 15.6. The van der Waals surface area contributed by atoms with Gasteiger partial charge < -0.3 is 19.1 Å². The molecule has 15 heteroatoms. The summed E-state index contributed by atoms with van der Waals surface area (Å²) in [5.74, 6) is -1.28. The molecular formula is C26H34F2N3O9P. The lowest BCUT2D eigenvalue weighted by Gasteiger charge is -2.28. The number of halogens is 2. The number of hydrogen-bond donors (Lipinski definition) is 3. The number of aromatic nitrogens is 2. The summed E-state index contributed by atoms with van der Waals surface area (Å²) in [7, 11) is -4.47. The van der Waals surface area contributed by atoms with Crippen molar-refractivity contribution in [3.8, 4) is 5.75 Å². The van der Waals surface area contributed by atoms with Crippen LogP contribution in [0.15, 0.2) is 46.1 Å². The smallest absolute Gasteiger partial charge is 0.459 e. The van der Waals surface area contributed by atoms with Gasteiger partial charge in [0.1, 0.15) is 35.9 Å². The molecule has 226 valence electrons. The molecule has 1 saturated carbocycles. The van der Waals surface area contributed by atoms with Crippen molar-refractivity contribution in [3.63, 3.8) is 0 Å². The summed E-state index contributed by atoms with van der Waals surface area (Å²) in [6, 6.07) is 4.41. The zero-order valence-corrected chi connectivity index (χ0v) is 23.6. The van der Waals surface area contributed by atoms with Crippen LogP contribution in [0.5, 0.6) is 5.75 Å². The van der Waals surface area contributed by atoms with Crippen molar-refractivity contribution in [3.05, 3.63) is 63.2 Å². The molecule has 1 aliphatic heterocycles. The molecular weight excluding hydrogens is 567 g/mol. The number of esters is 1. The minimum absolute atomic E-state index is 0.0568. The number of H-pyrrole nitrogens is 1. The van der Waals surface area contributed by atoms with Crippen LogP contribution in [0.2, 0.25) is 0 Å². The van der Waals surface area contributed by atoms with Gasteiger partial charge in [-0.2, -0.15) is 5.09 Å². The van der Waals surface area contributed by atoms with Crippen LogP contribution in [-0.2, 0) is 23.4 Å². The standard InChI is InChI=1S/C26H34F2N3O9P/c1-3-19(23(34)38-17-7-5-4-6-8-17)30-41(36,40-18-11-9-16(27)10-12-18)37-15-20-22(33)26(2,28)24(39-20)31-14-13-21(32)29-25(31)35/h9-14,17,19-20,22,24,33H,3-8,15H2,1-2H3,(H,30,36)(H,29,32,35)/t19-,20+,22+,24+,26?,41?/m0/s1. The molecule has 0 bridgehead atoms. The summed E-state index contributed by atoms with van der Waals surface area (Å²) >= 11 is 0. The van der Waals surface area contributed by atoms with Gasteiger partial charge in [0.25, 0.3) is 5.56 Å². The maximum Gasteiger partial charge on any atom is 0.459 e. The molecule has 2 aromatic rings. The van der Waals surface area contributed by atoms with Crippen LogP contribution in [0.1, 0.15) is 58.6 Å². The summed E-state index contributed by atoms with van der Waals surface area (Å²) in [6.45, 7) is 1.96. The first-order valence-corrected chi connectivity index (χ1v) is 15.0. The SMILES string of the molecule is CC[C@H](NP(=O)(OC[C@H]1O[C@@H](n2ccc(=O)[nH]c2=O)C(C)(F)[C@@H]1O)Oc1ccc(F)cc1)C(=O)OC1CCCCC1. The van der Waals surface area contributed by atoms with Crippen molar-refractivity contribution in [1.29, 1.82) is 0 Å². The third-order valence-corrected chi connectivity index (χ3v) is 8.68. The molecule has 3 N–H and O–H groups in total. The van der Waals surface area contributed by atoms with Crippen LogP contribution >= 0.6 is 7.75 Å². The monoisotopic (exact) mass is 601 g/mol. The van der Waals surface area contributed by atoms with Crippen molar-refractivity contribution >= 4 is 13.7 Å². The Morgan fingerprint density at radius 3 is 2.56 bits per heavy atom. The van der Waals surface area contributed by atoms with Crippen LogP contribution in [0.4, 0.5) is 8.78 Å². The molecule has 1 aromatic heterocycles. The molecule has 1 aromatic carbocycles. The summed E-state index contributed by atoms with van der Waals surface area (Å²) in [6.07, 6.45) is 0.310. The number of aliphatic hydroxyl groups is 1. The van der Waals surface area contributed by atoms with E-state index in [-0.39, 0.29) is 18.3 Å². The predicted molar refractivity (Wildman–Crippen MR) is 142 cm³/mol. The molecule has 1 saturated heterocycles. The molecule has 2 heterocycles. The molecule has 2 unspecified atom stereocenters. The van der Waals surface area contributed by atoms with E-state index < -0.39 is 67.5 Å². The fraction of sp³-hybridized carbons (Fsp3) is 0.577. The second kappa shape index (κ2) is 13.0. The first-order valence-electron chi connectivity index (χ1n) is 13.4. The number of carbonyl (C=O) groups is 1. The molecule has 2 fully saturated rings. The van der Waals surface area contributed by atoms with E-state index in [9.17, 15) is 28.4 Å². The quantitative estimate of drug-likeness (QED) is 0.258. The van der Waals surface area contributed by atoms with Gasteiger partial charge >= 0.3 is 19.4 Å². The van der Waals surface area contributed by atoms with E-state index in [0.29, 0.717) is 0 Å². The van der Waals surface area contributed by atoms with E-state index in [1.807, 2.05) is 4.98 Å². The average molecular weight is 602 g/mol. The number of aliphatic hydroxyl groups excluding tert-OH is 1. The topological polar surface area (TPSA) is 158 Å². The second-order valence-corrected chi connectivity index (χ2v) is 12.0. The first kappa shape index (κ1) is 31.0. The first-order chi connectivity index (χ1) is 19.4. The predicted octanol–water partition coefficient (Wildman–Crippen LogP) is 3.11. The van der Waals surface area contributed by atoms with Gasteiger partial charge in [0.05, 0.1) is 6.61 Å². The number of ether oxygens (including phenoxy) is 2. The number of hydrogen-bond acceptors (Lipinski definition) is 9. The molecule has 6 atom stereocenters. The van der Waals surface area contributed by atoms with Crippen LogP contribution in [-0.4, -0.2) is 57.3 Å². The van der Waals surface area contributed by atoms with Crippen molar-refractivity contribution in [2.24, 2.45) is 0 Å². The Labute approximate surface area is 234 Å². The fourth-order valence-electron chi connectivity index (χ4n) is 4.79. The lowest BCUT2D eigenvalue weighted by atomic mass is 9.98. The molecule has 12 nitrogen and oxygen atoms in total. The van der Waals surface area contributed by atoms with E-state index in [0.717, 1.165) is 68.0 Å².